The van der Waals surface area contributed by atoms with E-state index in [1.807, 2.05) is 17.5 Å². The molecule has 0 amide bonds. The van der Waals surface area contributed by atoms with E-state index in [0.717, 1.165) is 4.88 Å². The van der Waals surface area contributed by atoms with Crippen molar-refractivity contribution in [2.75, 3.05) is 13.1 Å². The first-order chi connectivity index (χ1) is 7.79. The molecule has 0 aliphatic carbocycles. The van der Waals surface area contributed by atoms with E-state index in [1.54, 1.807) is 13.8 Å². The Kier molecular flexibility index (Phi) is 4.97. The molecule has 2 N–H and O–H groups in total. The second-order valence-corrected chi connectivity index (χ2v) is 5.24. The maximum Gasteiger partial charge on any atom is 0.401 e. The standard InChI is InChI=1S/C11H17F3N2S/c1-8(2)16(7-11(12,13)14)6-9(15)10-4-3-5-17-10/h3-5,8-9H,6-7,15H2,1-2H3. The number of thiophene rings is 1. The Morgan fingerprint density at radius 1 is 1.41 bits per heavy atom. The van der Waals surface area contributed by atoms with Crippen LogP contribution >= 0.6 is 11.3 Å². The van der Waals surface area contributed by atoms with Crippen molar-refractivity contribution < 1.29 is 13.2 Å². The van der Waals surface area contributed by atoms with Gasteiger partial charge in [0.2, 0.25) is 0 Å². The minimum Gasteiger partial charge on any atom is -0.322 e. The van der Waals surface area contributed by atoms with Crippen LogP contribution in [0.2, 0.25) is 0 Å². The highest BCUT2D eigenvalue weighted by Gasteiger charge is 2.32. The van der Waals surface area contributed by atoms with Gasteiger partial charge in [0.15, 0.2) is 0 Å². The molecule has 0 aliphatic heterocycles. The molecule has 0 radical (unpaired) electrons. The molecule has 1 atom stereocenters. The zero-order valence-corrected chi connectivity index (χ0v) is 10.7. The third kappa shape index (κ3) is 5.06. The Bertz CT molecular complexity index is 322. The molecule has 2 nitrogen and oxygen atoms in total. The van der Waals surface area contributed by atoms with Crippen molar-refractivity contribution >= 4 is 11.3 Å². The van der Waals surface area contributed by atoms with Crippen molar-refractivity contribution in [1.29, 1.82) is 0 Å². The van der Waals surface area contributed by atoms with Crippen LogP contribution in [0.25, 0.3) is 0 Å². The van der Waals surface area contributed by atoms with Crippen molar-refractivity contribution in [2.45, 2.75) is 32.1 Å². The Hall–Kier alpha value is -0.590. The van der Waals surface area contributed by atoms with E-state index in [9.17, 15) is 13.2 Å². The first-order valence-electron chi connectivity index (χ1n) is 5.39. The summed E-state index contributed by atoms with van der Waals surface area (Å²) in [6.07, 6.45) is -4.18. The average molecular weight is 266 g/mol. The lowest BCUT2D eigenvalue weighted by Gasteiger charge is -2.29. The minimum atomic E-state index is -4.18. The Morgan fingerprint density at radius 2 is 2.06 bits per heavy atom. The van der Waals surface area contributed by atoms with Crippen LogP contribution < -0.4 is 5.73 Å². The van der Waals surface area contributed by atoms with Gasteiger partial charge in [-0.2, -0.15) is 13.2 Å². The summed E-state index contributed by atoms with van der Waals surface area (Å²) >= 11 is 1.47. The summed E-state index contributed by atoms with van der Waals surface area (Å²) in [7, 11) is 0. The predicted octanol–water partition coefficient (Wildman–Crippen LogP) is 3.02. The quantitative estimate of drug-likeness (QED) is 0.887. The van der Waals surface area contributed by atoms with Gasteiger partial charge in [-0.15, -0.1) is 11.3 Å². The van der Waals surface area contributed by atoms with Gasteiger partial charge in [0.1, 0.15) is 0 Å². The highest BCUT2D eigenvalue weighted by Crippen LogP contribution is 2.22. The lowest BCUT2D eigenvalue weighted by molar-refractivity contribution is -0.150. The fourth-order valence-corrected chi connectivity index (χ4v) is 2.25. The first kappa shape index (κ1) is 14.5. The second kappa shape index (κ2) is 5.84. The molecule has 0 aliphatic rings. The highest BCUT2D eigenvalue weighted by atomic mass is 32.1. The molecular formula is C11H17F3N2S. The average Bonchev–Trinajstić information content (AvgIpc) is 2.66. The Morgan fingerprint density at radius 3 is 2.47 bits per heavy atom. The van der Waals surface area contributed by atoms with Gasteiger partial charge in [-0.3, -0.25) is 4.90 Å². The van der Waals surface area contributed by atoms with Gasteiger partial charge in [0.05, 0.1) is 12.6 Å². The first-order valence-corrected chi connectivity index (χ1v) is 6.27. The van der Waals surface area contributed by atoms with Crippen LogP contribution in [-0.2, 0) is 0 Å². The lowest BCUT2D eigenvalue weighted by atomic mass is 10.2. The number of halogens is 3. The number of hydrogen-bond acceptors (Lipinski definition) is 3. The molecule has 1 aromatic rings. The van der Waals surface area contributed by atoms with Crippen LogP contribution in [0.15, 0.2) is 17.5 Å². The molecule has 0 saturated heterocycles. The lowest BCUT2D eigenvalue weighted by Crippen LogP contribution is -2.42. The van der Waals surface area contributed by atoms with Gasteiger partial charge in [0, 0.05) is 17.5 Å². The fraction of sp³-hybridized carbons (Fsp3) is 0.636. The summed E-state index contributed by atoms with van der Waals surface area (Å²) in [6.45, 7) is 2.79. The van der Waals surface area contributed by atoms with E-state index in [0.29, 0.717) is 0 Å². The number of nitrogens with zero attached hydrogens (tertiary/aromatic N) is 1. The van der Waals surface area contributed by atoms with Crippen LogP contribution in [0.1, 0.15) is 24.8 Å². The highest BCUT2D eigenvalue weighted by molar-refractivity contribution is 7.10. The zero-order chi connectivity index (χ0) is 13.1. The van der Waals surface area contributed by atoms with E-state index in [-0.39, 0.29) is 18.6 Å². The van der Waals surface area contributed by atoms with Gasteiger partial charge >= 0.3 is 6.18 Å². The molecule has 0 saturated carbocycles. The predicted molar refractivity (Wildman–Crippen MR) is 64.0 cm³/mol. The van der Waals surface area contributed by atoms with Crippen molar-refractivity contribution in [3.63, 3.8) is 0 Å². The molecule has 1 heterocycles. The molecular weight excluding hydrogens is 249 g/mol. The van der Waals surface area contributed by atoms with Gasteiger partial charge < -0.3 is 5.73 Å². The SMILES string of the molecule is CC(C)N(CC(N)c1cccs1)CC(F)(F)F. The van der Waals surface area contributed by atoms with Gasteiger partial charge in [-0.25, -0.2) is 0 Å². The zero-order valence-electron chi connectivity index (χ0n) is 9.87. The summed E-state index contributed by atoms with van der Waals surface area (Å²) in [4.78, 5) is 2.27. The summed E-state index contributed by atoms with van der Waals surface area (Å²) in [5, 5.41) is 1.87. The summed E-state index contributed by atoms with van der Waals surface area (Å²) in [5.74, 6) is 0. The van der Waals surface area contributed by atoms with Crippen LogP contribution in [0.3, 0.4) is 0 Å². The molecule has 1 rings (SSSR count). The number of nitrogens with two attached hydrogens (primary N) is 1. The van der Waals surface area contributed by atoms with E-state index in [4.69, 9.17) is 5.73 Å². The molecule has 1 aromatic heterocycles. The van der Waals surface area contributed by atoms with E-state index < -0.39 is 12.7 Å². The molecule has 17 heavy (non-hydrogen) atoms. The van der Waals surface area contributed by atoms with Gasteiger partial charge in [-0.05, 0) is 25.3 Å². The molecule has 6 heteroatoms. The summed E-state index contributed by atoms with van der Waals surface area (Å²) in [6, 6.07) is 3.16. The normalized spacial score (nSPS) is 14.6. The van der Waals surface area contributed by atoms with E-state index >= 15 is 0 Å². The third-order valence-electron chi connectivity index (χ3n) is 2.45. The van der Waals surface area contributed by atoms with Crippen LogP contribution in [-0.4, -0.2) is 30.2 Å². The molecule has 0 aromatic carbocycles. The molecule has 0 spiro atoms. The van der Waals surface area contributed by atoms with Crippen molar-refractivity contribution in [2.24, 2.45) is 5.73 Å². The molecule has 0 bridgehead atoms. The van der Waals surface area contributed by atoms with Crippen molar-refractivity contribution in [3.05, 3.63) is 22.4 Å². The monoisotopic (exact) mass is 266 g/mol. The molecule has 0 fully saturated rings. The maximum absolute atomic E-state index is 12.4. The Labute approximate surface area is 103 Å². The number of rotatable bonds is 5. The van der Waals surface area contributed by atoms with Crippen LogP contribution in [0.5, 0.6) is 0 Å². The topological polar surface area (TPSA) is 29.3 Å². The van der Waals surface area contributed by atoms with Crippen LogP contribution in [0.4, 0.5) is 13.2 Å². The summed E-state index contributed by atoms with van der Waals surface area (Å²) in [5.41, 5.74) is 5.90. The largest absolute Gasteiger partial charge is 0.401 e. The summed E-state index contributed by atoms with van der Waals surface area (Å²) < 4.78 is 37.1. The number of hydrogen-bond donors (Lipinski definition) is 1. The minimum absolute atomic E-state index is 0.178. The van der Waals surface area contributed by atoms with E-state index in [1.165, 1.54) is 16.2 Å². The maximum atomic E-state index is 12.4. The third-order valence-corrected chi connectivity index (χ3v) is 3.46. The second-order valence-electron chi connectivity index (χ2n) is 4.26. The van der Waals surface area contributed by atoms with Crippen molar-refractivity contribution in [3.8, 4) is 0 Å². The fourth-order valence-electron chi connectivity index (χ4n) is 1.53. The van der Waals surface area contributed by atoms with Gasteiger partial charge in [0.25, 0.3) is 0 Å². The molecule has 1 unspecified atom stereocenters. The van der Waals surface area contributed by atoms with Crippen molar-refractivity contribution in [1.82, 2.24) is 4.90 Å². The van der Waals surface area contributed by atoms with E-state index in [2.05, 4.69) is 0 Å². The number of alkyl halides is 3. The van der Waals surface area contributed by atoms with Crippen LogP contribution in [0, 0.1) is 0 Å². The smallest absolute Gasteiger partial charge is 0.322 e. The molecule has 98 valence electrons. The van der Waals surface area contributed by atoms with Gasteiger partial charge in [-0.1, -0.05) is 6.07 Å². The Balaban J connectivity index is 2.61.